The van der Waals surface area contributed by atoms with Crippen molar-refractivity contribution in [2.24, 2.45) is 0 Å². The molecule has 0 aliphatic heterocycles. The largest absolute Gasteiger partial charge is 0.356 e. The molecular formula is C66H138N16O6. The lowest BCUT2D eigenvalue weighted by Crippen LogP contribution is -2.45. The van der Waals surface area contributed by atoms with E-state index in [1.807, 2.05) is 0 Å². The zero-order valence-electron chi connectivity index (χ0n) is 58.9. The predicted molar refractivity (Wildman–Crippen MR) is 366 cm³/mol. The van der Waals surface area contributed by atoms with E-state index in [1.54, 1.807) is 0 Å². The molecule has 0 saturated carbocycles. The van der Waals surface area contributed by atoms with Gasteiger partial charge in [-0.1, -0.05) is 38.5 Å². The highest BCUT2D eigenvalue weighted by atomic mass is 16.2. The van der Waals surface area contributed by atoms with E-state index in [0.29, 0.717) is 156 Å². The SMILES string of the molecule is CN(C)CCCCCNC(=O)CCN(CCC(=O)NCCCCCN(C)C)CCN(CCN(CCC(=O)NCCCCCN(C)C)CCC(=O)NCCCCCN(C)C)CCN(CCC(=O)NCCCCCN(C)C)CCC(=O)NCCCCCN(C)C. The normalized spacial score (nSPS) is 11.9. The van der Waals surface area contributed by atoms with Crippen LogP contribution >= 0.6 is 0 Å². The lowest BCUT2D eigenvalue weighted by molar-refractivity contribution is -0.123. The van der Waals surface area contributed by atoms with Gasteiger partial charge in [-0.15, -0.1) is 0 Å². The first-order valence-corrected chi connectivity index (χ1v) is 34.5. The Morgan fingerprint density at radius 2 is 0.318 bits per heavy atom. The number of nitrogens with one attached hydrogen (secondary N) is 6. The smallest absolute Gasteiger partial charge is 0.221 e. The molecule has 0 aliphatic rings. The molecule has 518 valence electrons. The number of unbranched alkanes of at least 4 members (excludes halogenated alkanes) is 12. The highest BCUT2D eigenvalue weighted by Crippen LogP contribution is 2.07. The van der Waals surface area contributed by atoms with Gasteiger partial charge < -0.3 is 76.0 Å². The summed E-state index contributed by atoms with van der Waals surface area (Å²) in [5, 5.41) is 18.8. The molecule has 0 aliphatic carbocycles. The number of nitrogens with zero attached hydrogens (tertiary/aromatic N) is 10. The van der Waals surface area contributed by atoms with Crippen LogP contribution in [0.5, 0.6) is 0 Å². The van der Waals surface area contributed by atoms with Crippen LogP contribution in [0.2, 0.25) is 0 Å². The molecule has 0 aromatic rings. The van der Waals surface area contributed by atoms with Gasteiger partial charge in [0, 0.05) is 156 Å². The minimum absolute atomic E-state index is 0.00591. The molecule has 0 aromatic carbocycles. The molecule has 0 aromatic heterocycles. The minimum Gasteiger partial charge on any atom is -0.356 e. The Balaban J connectivity index is 6.75. The van der Waals surface area contributed by atoms with Gasteiger partial charge in [0.15, 0.2) is 0 Å². The molecule has 0 rings (SSSR count). The molecule has 0 saturated heterocycles. The van der Waals surface area contributed by atoms with Crippen LogP contribution < -0.4 is 31.9 Å². The summed E-state index contributed by atoms with van der Waals surface area (Å²) in [4.78, 5) is 102. The van der Waals surface area contributed by atoms with Gasteiger partial charge in [-0.3, -0.25) is 33.7 Å². The average molecular weight is 1250 g/mol. The zero-order chi connectivity index (χ0) is 65.4. The lowest BCUT2D eigenvalue weighted by atomic mass is 10.2. The van der Waals surface area contributed by atoms with Crippen molar-refractivity contribution in [1.29, 1.82) is 0 Å². The summed E-state index contributed by atoms with van der Waals surface area (Å²) < 4.78 is 0. The molecule has 0 unspecified atom stereocenters. The maximum absolute atomic E-state index is 13.3. The lowest BCUT2D eigenvalue weighted by Gasteiger charge is -2.32. The number of carbonyl (C=O) groups is 6. The molecule has 0 atom stereocenters. The minimum atomic E-state index is 0.00591. The Bertz CT molecular complexity index is 1410. The highest BCUT2D eigenvalue weighted by Gasteiger charge is 2.19. The molecule has 6 amide bonds. The van der Waals surface area contributed by atoms with Gasteiger partial charge in [0.25, 0.3) is 0 Å². The molecule has 88 heavy (non-hydrogen) atoms. The van der Waals surface area contributed by atoms with E-state index >= 15 is 0 Å². The molecule has 22 heteroatoms. The third-order valence-corrected chi connectivity index (χ3v) is 15.8. The van der Waals surface area contributed by atoms with Gasteiger partial charge in [-0.2, -0.15) is 0 Å². The van der Waals surface area contributed by atoms with Crippen molar-refractivity contribution in [3.63, 3.8) is 0 Å². The summed E-state index contributed by atoms with van der Waals surface area (Å²) in [5.74, 6) is 0.0354. The average Bonchev–Trinajstić information content (AvgIpc) is 3.69. The summed E-state index contributed by atoms with van der Waals surface area (Å²) in [6.45, 7) is 16.7. The highest BCUT2D eigenvalue weighted by molar-refractivity contribution is 5.78. The Morgan fingerprint density at radius 1 is 0.182 bits per heavy atom. The quantitative estimate of drug-likeness (QED) is 0.0481. The Labute approximate surface area is 538 Å². The second kappa shape index (κ2) is 58.5. The van der Waals surface area contributed by atoms with Crippen molar-refractivity contribution in [3.8, 4) is 0 Å². The summed E-state index contributed by atoms with van der Waals surface area (Å²) in [7, 11) is 24.9. The fourth-order valence-electron chi connectivity index (χ4n) is 10.0. The van der Waals surface area contributed by atoms with Gasteiger partial charge in [-0.05, 0) is 201 Å². The first-order chi connectivity index (χ1) is 42.1. The second-order valence-electron chi connectivity index (χ2n) is 26.1. The standard InChI is InChI=1S/C66H138N16O6/c1-73(2)43-25-13-19-37-67-61(83)31-49-79(50-32-62(84)68-38-20-14-26-44-74(3)4)55-58-82(59-56-80(51-33-63(85)69-39-21-15-27-45-75(5)6)52-34-64(86)70-40-22-16-28-46-76(7)8)60-57-81(53-35-65(87)71-41-23-17-29-47-77(9)10)54-36-66(88)72-42-24-18-30-48-78(11)12/h13-60H2,1-12H3,(H,67,83)(H,68,84)(H,69,85)(H,70,86)(H,71,87)(H,72,88). The summed E-state index contributed by atoms with van der Waals surface area (Å²) in [6.07, 6.45) is 20.3. The second-order valence-corrected chi connectivity index (χ2v) is 26.1. The molecule has 0 heterocycles. The molecule has 22 nitrogen and oxygen atoms in total. The molecule has 0 spiro atoms. The van der Waals surface area contributed by atoms with Crippen LogP contribution in [0.3, 0.4) is 0 Å². The van der Waals surface area contributed by atoms with E-state index in [1.165, 1.54) is 0 Å². The maximum Gasteiger partial charge on any atom is 0.221 e. The Morgan fingerprint density at radius 3 is 0.455 bits per heavy atom. The number of carbonyl (C=O) groups excluding carboxylic acids is 6. The van der Waals surface area contributed by atoms with E-state index in [2.05, 4.69) is 165 Å². The fraction of sp³-hybridized carbons (Fsp3) is 0.909. The van der Waals surface area contributed by atoms with Gasteiger partial charge in [0.2, 0.25) is 35.4 Å². The first kappa shape index (κ1) is 84.4. The predicted octanol–water partition coefficient (Wildman–Crippen LogP) is 3.62. The third-order valence-electron chi connectivity index (χ3n) is 15.8. The van der Waals surface area contributed by atoms with Crippen LogP contribution in [-0.4, -0.2) is 326 Å². The maximum atomic E-state index is 13.3. The van der Waals surface area contributed by atoms with Crippen molar-refractivity contribution in [3.05, 3.63) is 0 Å². The van der Waals surface area contributed by atoms with Crippen molar-refractivity contribution in [2.45, 2.75) is 154 Å². The van der Waals surface area contributed by atoms with Gasteiger partial charge in [0.1, 0.15) is 0 Å². The van der Waals surface area contributed by atoms with E-state index in [4.69, 9.17) is 0 Å². The van der Waals surface area contributed by atoms with E-state index in [0.717, 1.165) is 155 Å². The van der Waals surface area contributed by atoms with Crippen LogP contribution in [0.15, 0.2) is 0 Å². The summed E-state index contributed by atoms with van der Waals surface area (Å²) in [6, 6.07) is 0. The van der Waals surface area contributed by atoms with Gasteiger partial charge in [0.05, 0.1) is 0 Å². The topological polar surface area (TPSA) is 207 Å². The monoisotopic (exact) mass is 1250 g/mol. The van der Waals surface area contributed by atoms with Crippen LogP contribution in [0.4, 0.5) is 0 Å². The van der Waals surface area contributed by atoms with E-state index < -0.39 is 0 Å². The number of rotatable bonds is 63. The fourth-order valence-corrected chi connectivity index (χ4v) is 10.0. The van der Waals surface area contributed by atoms with Crippen molar-refractivity contribution >= 4 is 35.4 Å². The molecule has 0 bridgehead atoms. The Hall–Kier alpha value is -3.58. The van der Waals surface area contributed by atoms with Crippen LogP contribution in [0.25, 0.3) is 0 Å². The summed E-state index contributed by atoms with van der Waals surface area (Å²) in [5.41, 5.74) is 0. The molecule has 6 N–H and O–H groups in total. The first-order valence-electron chi connectivity index (χ1n) is 34.5. The van der Waals surface area contributed by atoms with Crippen LogP contribution in [0.1, 0.15) is 154 Å². The van der Waals surface area contributed by atoms with E-state index in [9.17, 15) is 28.8 Å². The van der Waals surface area contributed by atoms with Crippen molar-refractivity contribution in [2.75, 3.05) is 242 Å². The number of hydrogen-bond donors (Lipinski definition) is 6. The van der Waals surface area contributed by atoms with Crippen LogP contribution in [-0.2, 0) is 28.8 Å². The van der Waals surface area contributed by atoms with E-state index in [-0.39, 0.29) is 35.4 Å². The van der Waals surface area contributed by atoms with Crippen LogP contribution in [0, 0.1) is 0 Å². The van der Waals surface area contributed by atoms with Crippen molar-refractivity contribution in [1.82, 2.24) is 80.9 Å². The van der Waals surface area contributed by atoms with Gasteiger partial charge >= 0.3 is 0 Å². The number of amides is 6. The number of hydrogen-bond acceptors (Lipinski definition) is 16. The molecular weight excluding hydrogens is 1110 g/mol. The Kier molecular flexibility index (Phi) is 56.1. The summed E-state index contributed by atoms with van der Waals surface area (Å²) >= 11 is 0. The van der Waals surface area contributed by atoms with Crippen molar-refractivity contribution < 1.29 is 28.8 Å². The molecule has 0 radical (unpaired) electrons. The zero-order valence-corrected chi connectivity index (χ0v) is 58.9. The molecule has 0 fully saturated rings. The van der Waals surface area contributed by atoms with Gasteiger partial charge in [-0.25, -0.2) is 0 Å². The third kappa shape index (κ3) is 60.0.